The maximum atomic E-state index is 12.6. The van der Waals surface area contributed by atoms with E-state index >= 15 is 0 Å². The molecule has 0 radical (unpaired) electrons. The van der Waals surface area contributed by atoms with Crippen LogP contribution in [0.1, 0.15) is 35.1 Å². The predicted octanol–water partition coefficient (Wildman–Crippen LogP) is 2.96. The molecule has 154 valence electrons. The second kappa shape index (κ2) is 8.82. The Hall–Kier alpha value is -3.61. The number of nitrogens with one attached hydrogen (secondary N) is 1. The second-order valence-electron chi connectivity index (χ2n) is 7.36. The molecular weight excluding hydrogens is 380 g/mol. The average molecular weight is 404 g/mol. The average Bonchev–Trinajstić information content (AvgIpc) is 3.25. The van der Waals surface area contributed by atoms with Crippen molar-refractivity contribution in [2.75, 3.05) is 19.7 Å². The van der Waals surface area contributed by atoms with Crippen LogP contribution in [0.4, 0.5) is 0 Å². The van der Waals surface area contributed by atoms with Crippen LogP contribution in [-0.2, 0) is 4.79 Å². The van der Waals surface area contributed by atoms with Gasteiger partial charge < -0.3 is 20.4 Å². The molecule has 1 aliphatic heterocycles. The zero-order valence-corrected chi connectivity index (χ0v) is 16.6. The number of rotatable bonds is 6. The summed E-state index contributed by atoms with van der Waals surface area (Å²) in [6.07, 6.45) is 1.73. The van der Waals surface area contributed by atoms with E-state index < -0.39 is 5.91 Å². The Morgan fingerprint density at radius 1 is 1.10 bits per heavy atom. The molecule has 0 spiro atoms. The smallest absolute Gasteiger partial charge is 0.267 e. The van der Waals surface area contributed by atoms with Gasteiger partial charge in [0, 0.05) is 24.6 Å². The van der Waals surface area contributed by atoms with Gasteiger partial charge >= 0.3 is 0 Å². The molecule has 0 bridgehead atoms. The number of para-hydroxylation sites is 1. The van der Waals surface area contributed by atoms with E-state index in [-0.39, 0.29) is 18.4 Å². The summed E-state index contributed by atoms with van der Waals surface area (Å²) >= 11 is 0. The van der Waals surface area contributed by atoms with Gasteiger partial charge in [-0.1, -0.05) is 48.5 Å². The minimum atomic E-state index is -0.549. The number of nitrogens with two attached hydrogens (primary N) is 1. The maximum absolute atomic E-state index is 12.6. The fourth-order valence-corrected chi connectivity index (χ4v) is 3.75. The SMILES string of the molecule is NC(=O)c1[nH]c(C2CCCN(C(=O)COc3ccccc3)C2)nc1-c1ccccc1. The number of imidazole rings is 1. The normalized spacial score (nSPS) is 16.3. The lowest BCUT2D eigenvalue weighted by Gasteiger charge is -2.31. The van der Waals surface area contributed by atoms with Gasteiger partial charge in [-0.2, -0.15) is 0 Å². The zero-order chi connectivity index (χ0) is 20.9. The molecule has 0 aliphatic carbocycles. The van der Waals surface area contributed by atoms with E-state index in [1.165, 1.54) is 0 Å². The standard InChI is InChI=1S/C23H24N4O3/c24-22(29)21-20(16-8-3-1-4-9-16)25-23(26-21)17-10-7-13-27(14-17)19(28)15-30-18-11-5-2-6-12-18/h1-6,8-9,11-12,17H,7,10,13-15H2,(H2,24,29)(H,25,26). The Kier molecular flexibility index (Phi) is 5.79. The Balaban J connectivity index is 1.48. The highest BCUT2D eigenvalue weighted by Gasteiger charge is 2.28. The van der Waals surface area contributed by atoms with E-state index in [2.05, 4.69) is 9.97 Å². The first-order valence-electron chi connectivity index (χ1n) is 10.0. The molecule has 3 N–H and O–H groups in total. The van der Waals surface area contributed by atoms with Crippen molar-refractivity contribution in [3.8, 4) is 17.0 Å². The van der Waals surface area contributed by atoms with Crippen LogP contribution in [0.2, 0.25) is 0 Å². The molecule has 7 nitrogen and oxygen atoms in total. The number of aromatic amines is 1. The number of hydrogen-bond acceptors (Lipinski definition) is 4. The molecule has 2 aromatic carbocycles. The lowest BCUT2D eigenvalue weighted by molar-refractivity contribution is -0.134. The van der Waals surface area contributed by atoms with Crippen molar-refractivity contribution in [3.63, 3.8) is 0 Å². The molecule has 2 heterocycles. The molecule has 2 amide bonds. The van der Waals surface area contributed by atoms with Gasteiger partial charge in [-0.15, -0.1) is 0 Å². The van der Waals surface area contributed by atoms with E-state index in [0.717, 1.165) is 18.4 Å². The largest absolute Gasteiger partial charge is 0.484 e. The predicted molar refractivity (Wildman–Crippen MR) is 113 cm³/mol. The fourth-order valence-electron chi connectivity index (χ4n) is 3.75. The van der Waals surface area contributed by atoms with E-state index in [9.17, 15) is 9.59 Å². The van der Waals surface area contributed by atoms with Crippen molar-refractivity contribution in [1.82, 2.24) is 14.9 Å². The Bertz CT molecular complexity index is 1020. The number of carbonyl (C=O) groups excluding carboxylic acids is 2. The van der Waals surface area contributed by atoms with Crippen molar-refractivity contribution in [2.24, 2.45) is 5.73 Å². The molecule has 1 atom stereocenters. The summed E-state index contributed by atoms with van der Waals surface area (Å²) in [5, 5.41) is 0. The van der Waals surface area contributed by atoms with E-state index in [0.29, 0.717) is 36.1 Å². The number of aromatic nitrogens is 2. The first kappa shape index (κ1) is 19.7. The zero-order valence-electron chi connectivity index (χ0n) is 16.6. The molecule has 1 saturated heterocycles. The molecule has 1 aliphatic rings. The number of nitrogens with zero attached hydrogens (tertiary/aromatic N) is 2. The minimum Gasteiger partial charge on any atom is -0.484 e. The molecular formula is C23H24N4O3. The van der Waals surface area contributed by atoms with Gasteiger partial charge in [-0.3, -0.25) is 9.59 Å². The summed E-state index contributed by atoms with van der Waals surface area (Å²) in [5.41, 5.74) is 7.25. The fraction of sp³-hybridized carbons (Fsp3) is 0.261. The molecule has 7 heteroatoms. The first-order chi connectivity index (χ1) is 14.6. The number of likely N-dealkylation sites (tertiary alicyclic amines) is 1. The lowest BCUT2D eigenvalue weighted by Crippen LogP contribution is -2.41. The maximum Gasteiger partial charge on any atom is 0.267 e. The molecule has 0 saturated carbocycles. The second-order valence-corrected chi connectivity index (χ2v) is 7.36. The van der Waals surface area contributed by atoms with Crippen molar-refractivity contribution in [1.29, 1.82) is 0 Å². The number of H-pyrrole nitrogens is 1. The number of ether oxygens (including phenoxy) is 1. The number of benzene rings is 2. The van der Waals surface area contributed by atoms with E-state index in [1.54, 1.807) is 4.90 Å². The quantitative estimate of drug-likeness (QED) is 0.659. The van der Waals surface area contributed by atoms with Gasteiger partial charge in [0.25, 0.3) is 11.8 Å². The van der Waals surface area contributed by atoms with Crippen LogP contribution in [0.5, 0.6) is 5.75 Å². The molecule has 30 heavy (non-hydrogen) atoms. The van der Waals surface area contributed by atoms with Crippen molar-refractivity contribution in [2.45, 2.75) is 18.8 Å². The molecule has 4 rings (SSSR count). The van der Waals surface area contributed by atoms with Gasteiger partial charge in [0.05, 0.1) is 0 Å². The van der Waals surface area contributed by atoms with Crippen LogP contribution in [0.3, 0.4) is 0 Å². The number of hydrogen-bond donors (Lipinski definition) is 2. The van der Waals surface area contributed by atoms with Crippen LogP contribution in [0.25, 0.3) is 11.3 Å². The van der Waals surface area contributed by atoms with E-state index in [1.807, 2.05) is 60.7 Å². The Labute approximate surface area is 174 Å². The molecule has 1 unspecified atom stereocenters. The highest BCUT2D eigenvalue weighted by Crippen LogP contribution is 2.29. The third kappa shape index (κ3) is 4.35. The summed E-state index contributed by atoms with van der Waals surface area (Å²) < 4.78 is 5.60. The van der Waals surface area contributed by atoms with Gasteiger partial charge in [-0.05, 0) is 25.0 Å². The van der Waals surface area contributed by atoms with Gasteiger partial charge in [0.15, 0.2) is 6.61 Å². The number of amides is 2. The Morgan fingerprint density at radius 3 is 2.50 bits per heavy atom. The first-order valence-corrected chi connectivity index (χ1v) is 10.0. The van der Waals surface area contributed by atoms with E-state index in [4.69, 9.17) is 10.5 Å². The third-order valence-corrected chi connectivity index (χ3v) is 5.28. The summed E-state index contributed by atoms with van der Waals surface area (Å²) in [7, 11) is 0. The minimum absolute atomic E-state index is 0.00328. The molecule has 1 aromatic heterocycles. The van der Waals surface area contributed by atoms with Crippen molar-refractivity contribution in [3.05, 3.63) is 72.2 Å². The summed E-state index contributed by atoms with van der Waals surface area (Å²) in [5.74, 6) is 0.754. The van der Waals surface area contributed by atoms with Crippen molar-refractivity contribution < 1.29 is 14.3 Å². The Morgan fingerprint density at radius 2 is 1.80 bits per heavy atom. The highest BCUT2D eigenvalue weighted by atomic mass is 16.5. The van der Waals surface area contributed by atoms with Crippen LogP contribution in [0, 0.1) is 0 Å². The van der Waals surface area contributed by atoms with Crippen molar-refractivity contribution >= 4 is 11.8 Å². The molecule has 1 fully saturated rings. The monoisotopic (exact) mass is 404 g/mol. The summed E-state index contributed by atoms with van der Waals surface area (Å²) in [6.45, 7) is 1.20. The molecule has 3 aromatic rings. The summed E-state index contributed by atoms with van der Waals surface area (Å²) in [6, 6.07) is 18.8. The number of piperidine rings is 1. The summed E-state index contributed by atoms with van der Waals surface area (Å²) in [4.78, 5) is 34.2. The van der Waals surface area contributed by atoms with Crippen LogP contribution >= 0.6 is 0 Å². The number of primary amides is 1. The third-order valence-electron chi connectivity index (χ3n) is 5.28. The number of carbonyl (C=O) groups is 2. The van der Waals surface area contributed by atoms with Crippen LogP contribution in [0.15, 0.2) is 60.7 Å². The topological polar surface area (TPSA) is 101 Å². The van der Waals surface area contributed by atoms with Gasteiger partial charge in [0.1, 0.15) is 23.0 Å². The van der Waals surface area contributed by atoms with Crippen LogP contribution in [-0.4, -0.2) is 46.4 Å². The van der Waals surface area contributed by atoms with Gasteiger partial charge in [0.2, 0.25) is 0 Å². The van der Waals surface area contributed by atoms with Gasteiger partial charge in [-0.25, -0.2) is 4.98 Å². The highest BCUT2D eigenvalue weighted by molar-refractivity contribution is 5.97. The lowest BCUT2D eigenvalue weighted by atomic mass is 9.97. The van der Waals surface area contributed by atoms with Crippen LogP contribution < -0.4 is 10.5 Å².